The zero-order chi connectivity index (χ0) is 29.2. The summed E-state index contributed by atoms with van der Waals surface area (Å²) in [4.78, 5) is 31.7. The van der Waals surface area contributed by atoms with Gasteiger partial charge in [-0.1, -0.05) is 25.6 Å². The molecule has 1 atom stereocenters. The lowest BCUT2D eigenvalue weighted by Gasteiger charge is -2.29. The van der Waals surface area contributed by atoms with Gasteiger partial charge in [0.1, 0.15) is 19.7 Å². The number of hydrogen-bond acceptors (Lipinski definition) is 6. The Kier molecular flexibility index (Phi) is 7.88. The number of pyridine rings is 4. The first-order chi connectivity index (χ1) is 18.7. The molecule has 0 radical (unpaired) electrons. The summed E-state index contributed by atoms with van der Waals surface area (Å²) in [6.07, 6.45) is -1.15. The van der Waals surface area contributed by atoms with Crippen molar-refractivity contribution >= 4 is 30.8 Å². The first-order valence-electron chi connectivity index (χ1n) is 12.3. The number of carbonyl (C=O) groups excluding carboxylic acids is 1. The maximum atomic E-state index is 14.7. The third-order valence-corrected chi connectivity index (χ3v) is 6.79. The van der Waals surface area contributed by atoms with Gasteiger partial charge in [-0.05, 0) is 43.3 Å². The number of nitrogens with zero attached hydrogens (tertiary/aromatic N) is 5. The van der Waals surface area contributed by atoms with Crippen LogP contribution in [0.5, 0.6) is 0 Å². The van der Waals surface area contributed by atoms with Crippen molar-refractivity contribution in [3.05, 3.63) is 88.9 Å². The zero-order valence-electron chi connectivity index (χ0n) is 22.2. The Hall–Kier alpha value is -4.37. The molecule has 4 aromatic heterocycles. The molecule has 0 saturated heterocycles. The van der Waals surface area contributed by atoms with Crippen molar-refractivity contribution < 1.29 is 22.4 Å². The average molecular weight is 567 g/mol. The lowest BCUT2D eigenvalue weighted by Crippen LogP contribution is -2.34. The van der Waals surface area contributed by atoms with Crippen LogP contribution in [0.4, 0.5) is 23.4 Å². The van der Waals surface area contributed by atoms with Gasteiger partial charge in [0.05, 0.1) is 40.7 Å². The Morgan fingerprint density at radius 3 is 2.48 bits per heavy atom. The molecule has 12 heteroatoms. The number of aromatic nitrogens is 4. The summed E-state index contributed by atoms with van der Waals surface area (Å²) in [5.41, 5.74) is 9.53. The Bertz CT molecular complexity index is 1620. The molecule has 0 aliphatic heterocycles. The summed E-state index contributed by atoms with van der Waals surface area (Å²) in [5, 5.41) is 0.518. The first kappa shape index (κ1) is 28.6. The van der Waals surface area contributed by atoms with Gasteiger partial charge < -0.3 is 10.6 Å². The fourth-order valence-electron chi connectivity index (χ4n) is 3.81. The van der Waals surface area contributed by atoms with Gasteiger partial charge in [-0.15, -0.1) is 5.54 Å². The summed E-state index contributed by atoms with van der Waals surface area (Å²) in [6, 6.07) is 7.09. The third kappa shape index (κ3) is 6.60. The summed E-state index contributed by atoms with van der Waals surface area (Å²) in [7, 11) is -1.70. The van der Waals surface area contributed by atoms with Crippen LogP contribution in [0.2, 0.25) is 19.6 Å². The highest BCUT2D eigenvalue weighted by Gasteiger charge is 2.31. The molecular formula is C28H26F4N6OSi. The van der Waals surface area contributed by atoms with Crippen molar-refractivity contribution in [3.8, 4) is 11.5 Å². The summed E-state index contributed by atoms with van der Waals surface area (Å²) in [5.74, 6) is 2.11. The maximum Gasteiger partial charge on any atom is 0.417 e. The minimum absolute atomic E-state index is 0.00476. The maximum absolute atomic E-state index is 14.7. The number of anilines is 1. The SMILES string of the molecule is C[C@H](c1ncccc1F)N(Cc1ccc(C(F)(F)F)cn1)C(=O)c1cnc2nc(N)c(C#C[Si](C)(C)C)cc2c1. The number of alkyl halides is 3. The van der Waals surface area contributed by atoms with E-state index in [1.54, 1.807) is 19.1 Å². The molecule has 0 fully saturated rings. The largest absolute Gasteiger partial charge is 0.417 e. The van der Waals surface area contributed by atoms with Gasteiger partial charge in [0, 0.05) is 24.0 Å². The molecule has 1 amide bonds. The lowest BCUT2D eigenvalue weighted by molar-refractivity contribution is -0.137. The minimum atomic E-state index is -4.56. The highest BCUT2D eigenvalue weighted by molar-refractivity contribution is 6.83. The van der Waals surface area contributed by atoms with Crippen LogP contribution in [0.25, 0.3) is 11.0 Å². The van der Waals surface area contributed by atoms with Gasteiger partial charge in [-0.3, -0.25) is 14.8 Å². The van der Waals surface area contributed by atoms with Gasteiger partial charge in [-0.25, -0.2) is 14.4 Å². The van der Waals surface area contributed by atoms with E-state index in [4.69, 9.17) is 5.73 Å². The highest BCUT2D eigenvalue weighted by atomic mass is 28.3. The Morgan fingerprint density at radius 1 is 1.10 bits per heavy atom. The average Bonchev–Trinajstić information content (AvgIpc) is 2.89. The van der Waals surface area contributed by atoms with Crippen molar-refractivity contribution in [2.45, 2.75) is 45.3 Å². The molecule has 0 saturated carbocycles. The Morgan fingerprint density at radius 2 is 1.85 bits per heavy atom. The van der Waals surface area contributed by atoms with E-state index in [1.807, 2.05) is 0 Å². The van der Waals surface area contributed by atoms with E-state index in [1.165, 1.54) is 35.5 Å². The number of rotatable bonds is 5. The smallest absolute Gasteiger partial charge is 0.383 e. The number of nitrogens with two attached hydrogens (primary N) is 1. The molecule has 40 heavy (non-hydrogen) atoms. The fraction of sp³-hybridized carbons (Fsp3) is 0.250. The van der Waals surface area contributed by atoms with Crippen LogP contribution in [-0.2, 0) is 12.7 Å². The lowest BCUT2D eigenvalue weighted by atomic mass is 10.1. The van der Waals surface area contributed by atoms with Crippen LogP contribution in [-0.4, -0.2) is 38.8 Å². The number of nitrogen functional groups attached to an aromatic ring is 1. The minimum Gasteiger partial charge on any atom is -0.383 e. The molecule has 0 spiro atoms. The summed E-state index contributed by atoms with van der Waals surface area (Å²) in [6.45, 7) is 7.64. The number of halogens is 4. The van der Waals surface area contributed by atoms with Crippen molar-refractivity contribution in [1.29, 1.82) is 0 Å². The van der Waals surface area contributed by atoms with Gasteiger partial charge >= 0.3 is 6.18 Å². The van der Waals surface area contributed by atoms with Crippen molar-refractivity contribution in [3.63, 3.8) is 0 Å². The molecule has 4 rings (SSSR count). The topological polar surface area (TPSA) is 97.9 Å². The number of fused-ring (bicyclic) bond motifs is 1. The van der Waals surface area contributed by atoms with E-state index in [-0.39, 0.29) is 29.3 Å². The van der Waals surface area contributed by atoms with Gasteiger partial charge in [0.25, 0.3) is 5.91 Å². The molecule has 2 N–H and O–H groups in total. The molecule has 4 heterocycles. The van der Waals surface area contributed by atoms with Gasteiger partial charge in [0.15, 0.2) is 5.65 Å². The Balaban J connectivity index is 1.75. The molecule has 0 aliphatic carbocycles. The third-order valence-electron chi connectivity index (χ3n) is 5.91. The van der Waals surface area contributed by atoms with E-state index in [9.17, 15) is 22.4 Å². The molecule has 0 bridgehead atoms. The zero-order valence-corrected chi connectivity index (χ0v) is 23.2. The highest BCUT2D eigenvalue weighted by Crippen LogP contribution is 2.30. The number of hydrogen-bond donors (Lipinski definition) is 1. The number of carbonyl (C=O) groups is 1. The van der Waals surface area contributed by atoms with Crippen molar-refractivity contribution in [2.75, 3.05) is 5.73 Å². The van der Waals surface area contributed by atoms with Crippen LogP contribution in [0.15, 0.2) is 55.0 Å². The van der Waals surface area contributed by atoms with Crippen LogP contribution in [0.1, 0.15) is 45.8 Å². The first-order valence-corrected chi connectivity index (χ1v) is 15.8. The molecule has 0 aliphatic rings. The van der Waals surface area contributed by atoms with Gasteiger partial charge in [0.2, 0.25) is 0 Å². The quantitative estimate of drug-likeness (QED) is 0.187. The van der Waals surface area contributed by atoms with Crippen LogP contribution in [0, 0.1) is 17.3 Å². The van der Waals surface area contributed by atoms with Crippen LogP contribution < -0.4 is 5.73 Å². The second kappa shape index (κ2) is 11.0. The van der Waals surface area contributed by atoms with Crippen LogP contribution in [0.3, 0.4) is 0 Å². The molecule has 206 valence electrons. The normalized spacial score (nSPS) is 12.5. The monoisotopic (exact) mass is 566 g/mol. The van der Waals surface area contributed by atoms with E-state index < -0.39 is 37.6 Å². The van der Waals surface area contributed by atoms with E-state index in [2.05, 4.69) is 51.0 Å². The molecule has 4 aromatic rings. The molecule has 7 nitrogen and oxygen atoms in total. The second-order valence-electron chi connectivity index (χ2n) is 10.2. The number of amides is 1. The predicted octanol–water partition coefficient (Wildman–Crippen LogP) is 5.79. The second-order valence-corrected chi connectivity index (χ2v) is 15.0. The Labute approximate surface area is 229 Å². The molecule has 0 aromatic carbocycles. The summed E-state index contributed by atoms with van der Waals surface area (Å²) < 4.78 is 53.7. The van der Waals surface area contributed by atoms with Crippen molar-refractivity contribution in [1.82, 2.24) is 24.8 Å². The van der Waals surface area contributed by atoms with Gasteiger partial charge in [-0.2, -0.15) is 13.2 Å². The van der Waals surface area contributed by atoms with Crippen LogP contribution >= 0.6 is 0 Å². The van der Waals surface area contributed by atoms with E-state index >= 15 is 0 Å². The molecular weight excluding hydrogens is 540 g/mol. The summed E-state index contributed by atoms with van der Waals surface area (Å²) >= 11 is 0. The predicted molar refractivity (Wildman–Crippen MR) is 146 cm³/mol. The van der Waals surface area contributed by atoms with E-state index in [0.29, 0.717) is 22.8 Å². The standard InChI is InChI=1S/C28H26F4N6OSi/c1-17(24-23(29)6-5-10-34-24)38(16-22-8-7-21(15-35-22)28(30,31)32)27(39)20-13-19-12-18(9-11-40(2,3)4)25(33)37-26(19)36-14-20/h5-8,10,12-15,17H,16H2,1-4H3,(H2,33,36,37)/t17-/m1/s1. The van der Waals surface area contributed by atoms with E-state index in [0.717, 1.165) is 6.07 Å². The molecule has 0 unspecified atom stereocenters. The fourth-order valence-corrected chi connectivity index (χ4v) is 4.32. The van der Waals surface area contributed by atoms with Crippen molar-refractivity contribution in [2.24, 2.45) is 0 Å².